The summed E-state index contributed by atoms with van der Waals surface area (Å²) in [6, 6.07) is 68.0. The van der Waals surface area contributed by atoms with Gasteiger partial charge in [0.1, 0.15) is 5.75 Å². The van der Waals surface area contributed by atoms with Crippen molar-refractivity contribution in [1.29, 1.82) is 0 Å². The van der Waals surface area contributed by atoms with E-state index in [4.69, 9.17) is 4.74 Å². The summed E-state index contributed by atoms with van der Waals surface area (Å²) in [5.74, 6) is 0.886. The van der Waals surface area contributed by atoms with Gasteiger partial charge in [-0.3, -0.25) is 0 Å². The maximum Gasteiger partial charge on any atom is 0.196 e. The van der Waals surface area contributed by atoms with E-state index in [1.165, 1.54) is 82.0 Å². The third-order valence-corrected chi connectivity index (χ3v) is 11.5. The Morgan fingerprint density at radius 3 is 1.65 bits per heavy atom. The maximum absolute atomic E-state index is 6.41. The molecule has 258 valence electrons. The second-order valence-electron chi connectivity index (χ2n) is 14.6. The molecule has 55 heavy (non-hydrogen) atoms. The number of anilines is 1. The van der Waals surface area contributed by atoms with Crippen molar-refractivity contribution in [3.63, 3.8) is 0 Å². The van der Waals surface area contributed by atoms with Gasteiger partial charge in [0.05, 0.1) is 27.8 Å². The van der Waals surface area contributed by atoms with E-state index >= 15 is 0 Å². The molecule has 2 aromatic heterocycles. The smallest absolute Gasteiger partial charge is 0.196 e. The van der Waals surface area contributed by atoms with Gasteiger partial charge in [0.15, 0.2) is 6.23 Å². The number of fused-ring (bicyclic) bond motifs is 11. The first kappa shape index (κ1) is 30.2. The number of nitrogens with zero attached hydrogens (tertiary/aromatic N) is 2. The molecule has 0 saturated carbocycles. The zero-order chi connectivity index (χ0) is 36.0. The molecule has 12 rings (SSSR count). The van der Waals surface area contributed by atoms with Crippen molar-refractivity contribution < 1.29 is 4.74 Å². The number of benzene rings is 9. The molecule has 0 spiro atoms. The molecule has 1 aliphatic heterocycles. The van der Waals surface area contributed by atoms with Gasteiger partial charge < -0.3 is 19.2 Å². The van der Waals surface area contributed by atoms with Crippen LogP contribution in [0.2, 0.25) is 0 Å². The molecule has 0 fully saturated rings. The second-order valence-corrected chi connectivity index (χ2v) is 14.6. The number of hydrogen-bond acceptors (Lipinski definition) is 2. The second kappa shape index (κ2) is 11.6. The number of hydrogen-bond donors (Lipinski definition) is 1. The topological polar surface area (TPSA) is 31.1 Å². The first-order valence-electron chi connectivity index (χ1n) is 18.9. The van der Waals surface area contributed by atoms with Crippen LogP contribution in [0.25, 0.3) is 87.7 Å². The lowest BCUT2D eigenvalue weighted by molar-refractivity contribution is 0.260. The highest BCUT2D eigenvalue weighted by Gasteiger charge is 2.26. The Labute approximate surface area is 317 Å². The van der Waals surface area contributed by atoms with Gasteiger partial charge in [-0.2, -0.15) is 0 Å². The molecule has 1 unspecified atom stereocenters. The Morgan fingerprint density at radius 1 is 0.400 bits per heavy atom. The van der Waals surface area contributed by atoms with Gasteiger partial charge in [-0.15, -0.1) is 0 Å². The van der Waals surface area contributed by atoms with E-state index in [9.17, 15) is 0 Å². The van der Waals surface area contributed by atoms with Crippen molar-refractivity contribution in [3.8, 4) is 28.3 Å². The van der Waals surface area contributed by atoms with Crippen LogP contribution >= 0.6 is 0 Å². The fraction of sp³-hybridized carbons (Fsp3) is 0.0196. The van der Waals surface area contributed by atoms with E-state index in [1.807, 2.05) is 6.07 Å². The Bertz CT molecular complexity index is 3320. The molecule has 11 aromatic rings. The Balaban J connectivity index is 0.989. The largest absolute Gasteiger partial charge is 0.464 e. The standard InChI is InChI=1S/C51H33N3O/c1-3-11-33(12-4-1)51-52-50-48(55-51)28-23-32-19-20-36-29-38(24-25-39(36)49(32)50)54-45-18-10-8-16-41(45)43-31-35(22-27-47(43)54)34-21-26-46-42(30-34)40-15-7-9-17-44(40)53(46)37-13-5-2-6-14-37/h1-31,51-52H. The molecule has 4 nitrogen and oxygen atoms in total. The van der Waals surface area contributed by atoms with Crippen LogP contribution < -0.4 is 10.1 Å². The van der Waals surface area contributed by atoms with Gasteiger partial charge in [0, 0.05) is 43.9 Å². The molecule has 0 amide bonds. The number of aromatic nitrogens is 2. The summed E-state index contributed by atoms with van der Waals surface area (Å²) >= 11 is 0. The first-order valence-corrected chi connectivity index (χ1v) is 18.9. The van der Waals surface area contributed by atoms with Crippen molar-refractivity contribution in [1.82, 2.24) is 9.13 Å². The normalized spacial score (nSPS) is 13.9. The highest BCUT2D eigenvalue weighted by atomic mass is 16.5. The van der Waals surface area contributed by atoms with Crippen LogP contribution in [0.15, 0.2) is 188 Å². The summed E-state index contributed by atoms with van der Waals surface area (Å²) in [7, 11) is 0. The number of rotatable bonds is 4. The van der Waals surface area contributed by atoms with E-state index in [1.54, 1.807) is 0 Å². The fourth-order valence-corrected chi connectivity index (χ4v) is 9.01. The number of para-hydroxylation sites is 3. The number of nitrogens with one attached hydrogen (secondary N) is 1. The van der Waals surface area contributed by atoms with Gasteiger partial charge in [0.2, 0.25) is 0 Å². The highest BCUT2D eigenvalue weighted by Crippen LogP contribution is 2.46. The van der Waals surface area contributed by atoms with Gasteiger partial charge >= 0.3 is 0 Å². The molecule has 0 radical (unpaired) electrons. The molecule has 1 aliphatic rings. The molecule has 1 atom stereocenters. The predicted octanol–water partition coefficient (Wildman–Crippen LogP) is 13.4. The maximum atomic E-state index is 6.41. The van der Waals surface area contributed by atoms with Crippen LogP contribution in [0.1, 0.15) is 11.8 Å². The van der Waals surface area contributed by atoms with Gasteiger partial charge in [-0.1, -0.05) is 121 Å². The zero-order valence-electron chi connectivity index (χ0n) is 29.8. The Morgan fingerprint density at radius 2 is 0.964 bits per heavy atom. The minimum absolute atomic E-state index is 0.213. The van der Waals surface area contributed by atoms with E-state index in [0.29, 0.717) is 0 Å². The Kier molecular flexibility index (Phi) is 6.37. The lowest BCUT2D eigenvalue weighted by Gasteiger charge is -2.13. The van der Waals surface area contributed by atoms with E-state index in [0.717, 1.165) is 22.7 Å². The molecule has 0 bridgehead atoms. The molecule has 1 N–H and O–H groups in total. The van der Waals surface area contributed by atoms with Gasteiger partial charge in [-0.25, -0.2) is 0 Å². The van der Waals surface area contributed by atoms with Gasteiger partial charge in [0.25, 0.3) is 0 Å². The third-order valence-electron chi connectivity index (χ3n) is 11.5. The quantitative estimate of drug-likeness (QED) is 0.185. The Hall–Kier alpha value is -7.30. The summed E-state index contributed by atoms with van der Waals surface area (Å²) < 4.78 is 11.2. The van der Waals surface area contributed by atoms with Crippen LogP contribution in [0.4, 0.5) is 5.69 Å². The molecular formula is C51H33N3O. The zero-order valence-corrected chi connectivity index (χ0v) is 29.8. The monoisotopic (exact) mass is 703 g/mol. The van der Waals surface area contributed by atoms with Crippen LogP contribution in [-0.2, 0) is 0 Å². The lowest BCUT2D eigenvalue weighted by atomic mass is 9.99. The fourth-order valence-electron chi connectivity index (χ4n) is 9.01. The molecule has 4 heteroatoms. The highest BCUT2D eigenvalue weighted by molar-refractivity contribution is 6.16. The van der Waals surface area contributed by atoms with Crippen LogP contribution in [0.3, 0.4) is 0 Å². The molecule has 9 aromatic carbocycles. The summed E-state index contributed by atoms with van der Waals surface area (Å²) in [5, 5.41) is 13.5. The minimum Gasteiger partial charge on any atom is -0.464 e. The van der Waals surface area contributed by atoms with Gasteiger partial charge in [-0.05, 0) is 94.0 Å². The van der Waals surface area contributed by atoms with Crippen molar-refractivity contribution in [3.05, 3.63) is 194 Å². The van der Waals surface area contributed by atoms with Crippen molar-refractivity contribution in [2.24, 2.45) is 0 Å². The first-order chi connectivity index (χ1) is 27.3. The van der Waals surface area contributed by atoms with Crippen LogP contribution in [-0.4, -0.2) is 9.13 Å². The minimum atomic E-state index is -0.213. The lowest BCUT2D eigenvalue weighted by Crippen LogP contribution is -2.09. The summed E-state index contributed by atoms with van der Waals surface area (Å²) in [6.07, 6.45) is -0.213. The summed E-state index contributed by atoms with van der Waals surface area (Å²) in [5.41, 5.74) is 11.7. The van der Waals surface area contributed by atoms with Crippen molar-refractivity contribution in [2.75, 3.05) is 5.32 Å². The molecular weight excluding hydrogens is 671 g/mol. The van der Waals surface area contributed by atoms with Crippen LogP contribution in [0.5, 0.6) is 5.75 Å². The van der Waals surface area contributed by atoms with E-state index in [-0.39, 0.29) is 6.23 Å². The van der Waals surface area contributed by atoms with Crippen LogP contribution in [0, 0.1) is 0 Å². The average molecular weight is 704 g/mol. The molecule has 0 saturated heterocycles. The predicted molar refractivity (Wildman–Crippen MR) is 229 cm³/mol. The summed E-state index contributed by atoms with van der Waals surface area (Å²) in [4.78, 5) is 0. The average Bonchev–Trinajstić information content (AvgIpc) is 3.94. The summed E-state index contributed by atoms with van der Waals surface area (Å²) in [6.45, 7) is 0. The van der Waals surface area contributed by atoms with E-state index in [2.05, 4.69) is 196 Å². The van der Waals surface area contributed by atoms with Crippen molar-refractivity contribution in [2.45, 2.75) is 6.23 Å². The van der Waals surface area contributed by atoms with E-state index < -0.39 is 0 Å². The third kappa shape index (κ3) is 4.52. The molecule has 0 aliphatic carbocycles. The molecule has 3 heterocycles. The SMILES string of the molecule is c1ccc(C2Nc3c(ccc4ccc5cc(-n6c7ccccc7c7cc(-c8ccc9c(c8)c8ccccc8n9-c8ccccc8)ccc76)ccc5c34)O2)cc1. The van der Waals surface area contributed by atoms with Crippen molar-refractivity contribution >= 4 is 70.8 Å². The number of ether oxygens (including phenoxy) is 1.